The van der Waals surface area contributed by atoms with Gasteiger partial charge in [0.2, 0.25) is 0 Å². The van der Waals surface area contributed by atoms with Crippen LogP contribution in [0.15, 0.2) is 18.2 Å². The fourth-order valence-electron chi connectivity index (χ4n) is 1.63. The number of carbonyl (C=O) groups excluding carboxylic acids is 1. The van der Waals surface area contributed by atoms with Crippen LogP contribution in [-0.2, 0) is 9.53 Å². The van der Waals surface area contributed by atoms with Crippen LogP contribution in [0.25, 0.3) is 0 Å². The maximum Gasteiger partial charge on any atom is 0.303 e. The molecule has 126 valence electrons. The van der Waals surface area contributed by atoms with Crippen LogP contribution in [0.3, 0.4) is 0 Å². The Morgan fingerprint density at radius 1 is 1.14 bits per heavy atom. The third-order valence-corrected chi connectivity index (χ3v) is 2.55. The zero-order chi connectivity index (χ0) is 17.3. The van der Waals surface area contributed by atoms with Crippen LogP contribution >= 0.6 is 0 Å². The Morgan fingerprint density at radius 2 is 1.68 bits per heavy atom. The zero-order valence-electron chi connectivity index (χ0n) is 14.2. The first kappa shape index (κ1) is 20.3. The second-order valence-corrected chi connectivity index (χ2v) is 5.84. The van der Waals surface area contributed by atoms with Gasteiger partial charge in [-0.25, -0.2) is 8.78 Å². The van der Waals surface area contributed by atoms with Crippen molar-refractivity contribution in [3.05, 3.63) is 29.8 Å². The molecule has 0 atom stereocenters. The Balaban J connectivity index is 0.000000472. The molecule has 0 fully saturated rings. The summed E-state index contributed by atoms with van der Waals surface area (Å²) in [6.07, 6.45) is 1.78. The first-order valence-corrected chi connectivity index (χ1v) is 7.40. The van der Waals surface area contributed by atoms with Crippen LogP contribution in [0.4, 0.5) is 8.78 Å². The van der Waals surface area contributed by atoms with Gasteiger partial charge in [0.15, 0.2) is 11.6 Å². The Labute approximate surface area is 131 Å². The predicted octanol–water partition coefficient (Wildman–Crippen LogP) is 4.88. The van der Waals surface area contributed by atoms with Gasteiger partial charge in [0.25, 0.3) is 0 Å². The summed E-state index contributed by atoms with van der Waals surface area (Å²) in [7, 11) is 0. The lowest BCUT2D eigenvalue weighted by atomic mass is 10.2. The Hall–Kier alpha value is -1.65. The van der Waals surface area contributed by atoms with Crippen LogP contribution in [0.2, 0.25) is 0 Å². The summed E-state index contributed by atoms with van der Waals surface area (Å²) in [5.74, 6) is -1.55. The van der Waals surface area contributed by atoms with E-state index in [-0.39, 0.29) is 17.7 Å². The van der Waals surface area contributed by atoms with Gasteiger partial charge in [0, 0.05) is 13.0 Å². The molecule has 0 aliphatic rings. The van der Waals surface area contributed by atoms with Gasteiger partial charge in [0.1, 0.15) is 11.4 Å². The molecule has 0 amide bonds. The van der Waals surface area contributed by atoms with E-state index in [1.807, 2.05) is 34.6 Å². The van der Waals surface area contributed by atoms with Crippen molar-refractivity contribution in [1.82, 2.24) is 0 Å². The summed E-state index contributed by atoms with van der Waals surface area (Å²) in [4.78, 5) is 10.2. The quantitative estimate of drug-likeness (QED) is 0.743. The van der Waals surface area contributed by atoms with E-state index in [4.69, 9.17) is 9.47 Å². The fraction of sp³-hybridized carbons (Fsp3) is 0.588. The van der Waals surface area contributed by atoms with Crippen molar-refractivity contribution < 1.29 is 23.0 Å². The zero-order valence-corrected chi connectivity index (χ0v) is 14.2. The third kappa shape index (κ3) is 9.32. The average molecular weight is 316 g/mol. The number of halogens is 2. The Morgan fingerprint density at radius 3 is 2.00 bits per heavy atom. The highest BCUT2D eigenvalue weighted by Crippen LogP contribution is 2.18. The average Bonchev–Trinajstić information content (AvgIpc) is 2.38. The van der Waals surface area contributed by atoms with Crippen molar-refractivity contribution in [2.45, 2.75) is 66.1 Å². The largest absolute Gasteiger partial charge is 0.490 e. The summed E-state index contributed by atoms with van der Waals surface area (Å²) in [6.45, 7) is 10.9. The molecule has 0 N–H and O–H groups in total. The van der Waals surface area contributed by atoms with E-state index in [9.17, 15) is 13.6 Å². The van der Waals surface area contributed by atoms with E-state index in [1.165, 1.54) is 13.0 Å². The minimum absolute atomic E-state index is 0.0693. The smallest absolute Gasteiger partial charge is 0.303 e. The van der Waals surface area contributed by atoms with Crippen molar-refractivity contribution in [2.24, 2.45) is 0 Å². The number of ether oxygens (including phenoxy) is 2. The molecule has 0 radical (unpaired) electrons. The van der Waals surface area contributed by atoms with Gasteiger partial charge in [0.05, 0.1) is 6.10 Å². The number of hydrogen-bond acceptors (Lipinski definition) is 3. The minimum Gasteiger partial charge on any atom is -0.490 e. The molecule has 1 aromatic rings. The van der Waals surface area contributed by atoms with Crippen LogP contribution in [0.1, 0.15) is 54.4 Å². The molecule has 0 bridgehead atoms. The second kappa shape index (κ2) is 9.38. The molecule has 0 aromatic heterocycles. The molecule has 1 aromatic carbocycles. The molecular formula is C17H26F2O3. The van der Waals surface area contributed by atoms with Gasteiger partial charge in [-0.05, 0) is 45.7 Å². The number of hydrogen-bond donors (Lipinski definition) is 0. The van der Waals surface area contributed by atoms with Gasteiger partial charge in [-0.2, -0.15) is 0 Å². The molecular weight excluding hydrogens is 290 g/mol. The SMILES string of the molecule is CC(=O)OC(C)(C)C.CCC(CC)Oc1ccc(F)c(F)c1. The molecule has 0 heterocycles. The van der Waals surface area contributed by atoms with E-state index >= 15 is 0 Å². The van der Waals surface area contributed by atoms with Crippen molar-refractivity contribution in [3.63, 3.8) is 0 Å². The van der Waals surface area contributed by atoms with E-state index in [2.05, 4.69) is 0 Å². The fourth-order valence-corrected chi connectivity index (χ4v) is 1.63. The van der Waals surface area contributed by atoms with Crippen molar-refractivity contribution in [1.29, 1.82) is 0 Å². The summed E-state index contributed by atoms with van der Waals surface area (Å²) in [5, 5.41) is 0. The molecule has 0 unspecified atom stereocenters. The maximum atomic E-state index is 12.8. The number of esters is 1. The van der Waals surface area contributed by atoms with Crippen molar-refractivity contribution in [3.8, 4) is 5.75 Å². The predicted molar refractivity (Wildman–Crippen MR) is 82.9 cm³/mol. The minimum atomic E-state index is -0.867. The highest BCUT2D eigenvalue weighted by atomic mass is 19.2. The van der Waals surface area contributed by atoms with E-state index in [0.717, 1.165) is 25.0 Å². The third-order valence-electron chi connectivity index (χ3n) is 2.55. The first-order valence-electron chi connectivity index (χ1n) is 7.40. The summed E-state index contributed by atoms with van der Waals surface area (Å²) >= 11 is 0. The van der Waals surface area contributed by atoms with Crippen molar-refractivity contribution in [2.75, 3.05) is 0 Å². The van der Waals surface area contributed by atoms with Crippen LogP contribution in [0.5, 0.6) is 5.75 Å². The number of carbonyl (C=O) groups is 1. The Kier molecular flexibility index (Phi) is 8.68. The lowest BCUT2D eigenvalue weighted by molar-refractivity contribution is -0.151. The highest BCUT2D eigenvalue weighted by Gasteiger charge is 2.11. The van der Waals surface area contributed by atoms with E-state index in [0.29, 0.717) is 5.75 Å². The molecule has 5 heteroatoms. The molecule has 0 saturated heterocycles. The van der Waals surface area contributed by atoms with Gasteiger partial charge < -0.3 is 9.47 Å². The summed E-state index contributed by atoms with van der Waals surface area (Å²) in [5.41, 5.74) is -0.328. The second-order valence-electron chi connectivity index (χ2n) is 5.84. The maximum absolute atomic E-state index is 12.8. The van der Waals surface area contributed by atoms with Gasteiger partial charge in [-0.15, -0.1) is 0 Å². The van der Waals surface area contributed by atoms with Gasteiger partial charge >= 0.3 is 5.97 Å². The molecule has 1 rings (SSSR count). The van der Waals surface area contributed by atoms with Gasteiger partial charge in [-0.3, -0.25) is 4.79 Å². The number of benzene rings is 1. The molecule has 22 heavy (non-hydrogen) atoms. The first-order chi connectivity index (χ1) is 10.1. The van der Waals surface area contributed by atoms with Crippen molar-refractivity contribution >= 4 is 5.97 Å². The van der Waals surface area contributed by atoms with Crippen LogP contribution < -0.4 is 4.74 Å². The van der Waals surface area contributed by atoms with Crippen LogP contribution in [-0.4, -0.2) is 17.7 Å². The topological polar surface area (TPSA) is 35.5 Å². The van der Waals surface area contributed by atoms with E-state index < -0.39 is 11.6 Å². The van der Waals surface area contributed by atoms with Crippen LogP contribution in [0, 0.1) is 11.6 Å². The lowest BCUT2D eigenvalue weighted by Crippen LogP contribution is -2.21. The molecule has 0 saturated carbocycles. The molecule has 0 aliphatic carbocycles. The Bertz CT molecular complexity index is 463. The summed E-state index contributed by atoms with van der Waals surface area (Å²) in [6, 6.07) is 3.59. The standard InChI is InChI=1S/C11H14F2O.C6H12O2/c1-3-8(4-2)14-9-5-6-10(12)11(13)7-9;1-5(7)8-6(2,3)4/h5-8H,3-4H2,1-2H3;1-4H3. The monoisotopic (exact) mass is 316 g/mol. The van der Waals surface area contributed by atoms with Gasteiger partial charge in [-0.1, -0.05) is 13.8 Å². The molecule has 3 nitrogen and oxygen atoms in total. The normalized spacial score (nSPS) is 10.8. The van der Waals surface area contributed by atoms with E-state index in [1.54, 1.807) is 0 Å². The molecule has 0 spiro atoms. The number of rotatable bonds is 4. The molecule has 0 aliphatic heterocycles. The summed E-state index contributed by atoms with van der Waals surface area (Å²) < 4.78 is 35.6. The highest BCUT2D eigenvalue weighted by molar-refractivity contribution is 5.66. The lowest BCUT2D eigenvalue weighted by Gasteiger charge is -2.17.